The molecule has 1 N–H and O–H groups in total. The Balaban J connectivity index is 1.52. The summed E-state index contributed by atoms with van der Waals surface area (Å²) in [6.07, 6.45) is 1.85. The zero-order valence-corrected chi connectivity index (χ0v) is 17.6. The zero-order chi connectivity index (χ0) is 20.9. The maximum absolute atomic E-state index is 12.6. The van der Waals surface area contributed by atoms with Gasteiger partial charge in [0.25, 0.3) is 0 Å². The molecule has 29 heavy (non-hydrogen) atoms. The molecular weight excluding hydrogens is 364 g/mol. The number of para-hydroxylation sites is 1. The van der Waals surface area contributed by atoms with Gasteiger partial charge in [-0.1, -0.05) is 58.0 Å². The van der Waals surface area contributed by atoms with Gasteiger partial charge >= 0.3 is 5.97 Å². The van der Waals surface area contributed by atoms with E-state index < -0.39 is 0 Å². The number of rotatable bonds is 9. The van der Waals surface area contributed by atoms with Gasteiger partial charge in [0.1, 0.15) is 18.1 Å². The van der Waals surface area contributed by atoms with Crippen LogP contribution in [0.3, 0.4) is 0 Å². The predicted octanol–water partition coefficient (Wildman–Crippen LogP) is 5.03. The molecule has 1 aliphatic rings. The minimum absolute atomic E-state index is 0.0995. The van der Waals surface area contributed by atoms with Crippen LogP contribution < -0.4 is 10.2 Å². The quantitative estimate of drug-likeness (QED) is 0.368. The van der Waals surface area contributed by atoms with Crippen molar-refractivity contribution >= 4 is 12.2 Å². The lowest BCUT2D eigenvalue weighted by Gasteiger charge is -2.09. The molecule has 2 unspecified atom stereocenters. The zero-order valence-electron chi connectivity index (χ0n) is 17.6. The number of esters is 1. The molecule has 0 aromatic heterocycles. The first kappa shape index (κ1) is 20.9. The van der Waals surface area contributed by atoms with Crippen LogP contribution in [0.1, 0.15) is 33.3 Å². The van der Waals surface area contributed by atoms with Gasteiger partial charge in [0, 0.05) is 18.7 Å². The summed E-state index contributed by atoms with van der Waals surface area (Å²) in [7, 11) is 0. The molecule has 1 saturated carbocycles. The molecule has 0 bridgehead atoms. The van der Waals surface area contributed by atoms with Crippen molar-refractivity contribution in [2.24, 2.45) is 28.3 Å². The minimum Gasteiger partial charge on any atom is -0.461 e. The topological polar surface area (TPSA) is 59.9 Å². The molecule has 2 atom stereocenters. The van der Waals surface area contributed by atoms with Gasteiger partial charge in [0.15, 0.2) is 0 Å². The highest BCUT2D eigenvalue weighted by Crippen LogP contribution is 2.57. The predicted molar refractivity (Wildman–Crippen MR) is 115 cm³/mol. The fourth-order valence-electron chi connectivity index (χ4n) is 3.34. The average Bonchev–Trinajstić information content (AvgIpc) is 3.25. The number of carbonyl (C=O) groups excluding carboxylic acids is 1. The average molecular weight is 395 g/mol. The molecular formula is C24H30N2O3. The Hall–Kier alpha value is -2.82. The highest BCUT2D eigenvalue weighted by atomic mass is 16.5. The molecule has 3 rings (SSSR count). The largest absolute Gasteiger partial charge is 0.461 e. The van der Waals surface area contributed by atoms with Crippen molar-refractivity contribution < 1.29 is 14.3 Å². The number of hydrazone groups is 1. The summed E-state index contributed by atoms with van der Waals surface area (Å²) in [5, 5.41) is 4.27. The smallest absolute Gasteiger partial charge is 0.310 e. The summed E-state index contributed by atoms with van der Waals surface area (Å²) in [4.78, 5) is 12.6. The molecule has 2 aromatic rings. The van der Waals surface area contributed by atoms with Crippen molar-refractivity contribution in [3.05, 3.63) is 60.2 Å². The Morgan fingerprint density at radius 1 is 1.14 bits per heavy atom. The summed E-state index contributed by atoms with van der Waals surface area (Å²) in [6, 6.07) is 17.2. The number of carbonyl (C=O) groups is 1. The third kappa shape index (κ3) is 5.59. The number of ether oxygens (including phenoxy) is 2. The molecule has 0 saturated heterocycles. The lowest BCUT2D eigenvalue weighted by molar-refractivity contribution is -0.147. The first-order valence-corrected chi connectivity index (χ1v) is 10.1. The molecule has 5 heteroatoms. The lowest BCUT2D eigenvalue weighted by Crippen LogP contribution is -2.14. The van der Waals surface area contributed by atoms with E-state index in [-0.39, 0.29) is 29.8 Å². The van der Waals surface area contributed by atoms with Crippen molar-refractivity contribution in [1.29, 1.82) is 0 Å². The van der Waals surface area contributed by atoms with Gasteiger partial charge in [-0.15, -0.1) is 0 Å². The minimum atomic E-state index is -0.176. The van der Waals surface area contributed by atoms with Crippen molar-refractivity contribution in [2.75, 3.05) is 6.54 Å². The fourth-order valence-corrected chi connectivity index (χ4v) is 3.34. The SMILES string of the molecule is CC(C)CNN=CC1C(C(=O)OCc2cccc(Oc3ccccc3)c2)C1(C)C. The molecule has 0 aliphatic heterocycles. The van der Waals surface area contributed by atoms with E-state index in [2.05, 4.69) is 38.2 Å². The van der Waals surface area contributed by atoms with Crippen LogP contribution >= 0.6 is 0 Å². The molecule has 1 fully saturated rings. The first-order chi connectivity index (χ1) is 13.9. The van der Waals surface area contributed by atoms with E-state index in [1.54, 1.807) is 0 Å². The first-order valence-electron chi connectivity index (χ1n) is 10.1. The van der Waals surface area contributed by atoms with Crippen LogP contribution in [0.2, 0.25) is 0 Å². The van der Waals surface area contributed by atoms with Crippen LogP contribution in [-0.2, 0) is 16.1 Å². The highest BCUT2D eigenvalue weighted by Gasteiger charge is 2.62. The van der Waals surface area contributed by atoms with E-state index >= 15 is 0 Å². The second-order valence-corrected chi connectivity index (χ2v) is 8.53. The molecule has 0 radical (unpaired) electrons. The Morgan fingerprint density at radius 2 is 1.86 bits per heavy atom. The summed E-state index contributed by atoms with van der Waals surface area (Å²) in [6.45, 7) is 9.46. The molecule has 0 heterocycles. The van der Waals surface area contributed by atoms with Crippen LogP contribution in [-0.4, -0.2) is 18.7 Å². The third-order valence-corrected chi connectivity index (χ3v) is 5.25. The fraction of sp³-hybridized carbons (Fsp3) is 0.417. The van der Waals surface area contributed by atoms with E-state index in [9.17, 15) is 4.79 Å². The third-order valence-electron chi connectivity index (χ3n) is 5.25. The maximum Gasteiger partial charge on any atom is 0.310 e. The van der Waals surface area contributed by atoms with E-state index in [1.807, 2.05) is 60.8 Å². The monoisotopic (exact) mass is 394 g/mol. The van der Waals surface area contributed by atoms with Gasteiger partial charge < -0.3 is 14.9 Å². The molecule has 5 nitrogen and oxygen atoms in total. The molecule has 154 valence electrons. The summed E-state index contributed by atoms with van der Waals surface area (Å²) in [5.41, 5.74) is 3.81. The number of benzene rings is 2. The number of nitrogens with zero attached hydrogens (tertiary/aromatic N) is 1. The van der Waals surface area contributed by atoms with Gasteiger partial charge in [-0.05, 0) is 41.2 Å². The van der Waals surface area contributed by atoms with Gasteiger partial charge in [-0.3, -0.25) is 4.79 Å². The molecule has 0 spiro atoms. The van der Waals surface area contributed by atoms with Crippen molar-refractivity contribution in [3.63, 3.8) is 0 Å². The van der Waals surface area contributed by atoms with Gasteiger partial charge in [-0.2, -0.15) is 5.10 Å². The van der Waals surface area contributed by atoms with Crippen molar-refractivity contribution in [2.45, 2.75) is 34.3 Å². The maximum atomic E-state index is 12.6. The van der Waals surface area contributed by atoms with Gasteiger partial charge in [-0.25, -0.2) is 0 Å². The molecule has 0 amide bonds. The highest BCUT2D eigenvalue weighted by molar-refractivity contribution is 5.85. The van der Waals surface area contributed by atoms with Crippen LogP contribution in [0.4, 0.5) is 0 Å². The number of nitrogens with one attached hydrogen (secondary N) is 1. The second kappa shape index (κ2) is 9.12. The van der Waals surface area contributed by atoms with E-state index in [4.69, 9.17) is 9.47 Å². The van der Waals surface area contributed by atoms with E-state index in [0.29, 0.717) is 5.92 Å². The van der Waals surface area contributed by atoms with Crippen LogP contribution in [0, 0.1) is 23.2 Å². The Bertz CT molecular complexity index is 846. The van der Waals surface area contributed by atoms with Crippen LogP contribution in [0.15, 0.2) is 59.7 Å². The lowest BCUT2D eigenvalue weighted by atomic mass is 10.1. The summed E-state index contributed by atoms with van der Waals surface area (Å²) in [5.74, 6) is 1.79. The number of hydrogen-bond acceptors (Lipinski definition) is 5. The van der Waals surface area contributed by atoms with E-state index in [1.165, 1.54) is 0 Å². The molecule has 2 aromatic carbocycles. The van der Waals surface area contributed by atoms with Gasteiger partial charge in [0.05, 0.1) is 5.92 Å². The second-order valence-electron chi connectivity index (χ2n) is 8.53. The summed E-state index contributed by atoms with van der Waals surface area (Å²) < 4.78 is 11.4. The van der Waals surface area contributed by atoms with E-state index in [0.717, 1.165) is 23.6 Å². The Morgan fingerprint density at radius 3 is 2.59 bits per heavy atom. The van der Waals surface area contributed by atoms with Crippen molar-refractivity contribution in [3.8, 4) is 11.5 Å². The summed E-state index contributed by atoms with van der Waals surface area (Å²) >= 11 is 0. The Kier molecular flexibility index (Phi) is 6.57. The standard InChI is InChI=1S/C24H30N2O3/c1-17(2)14-25-26-15-21-22(24(21,3)4)23(27)28-16-18-9-8-12-20(13-18)29-19-10-6-5-7-11-19/h5-13,15,17,21-22,25H,14,16H2,1-4H3. The van der Waals surface area contributed by atoms with Gasteiger partial charge in [0.2, 0.25) is 0 Å². The molecule has 1 aliphatic carbocycles. The van der Waals surface area contributed by atoms with Crippen LogP contribution in [0.5, 0.6) is 11.5 Å². The van der Waals surface area contributed by atoms with Crippen LogP contribution in [0.25, 0.3) is 0 Å². The Labute approximate surface area is 173 Å². The normalized spacial score (nSPS) is 19.9. The number of hydrogen-bond donors (Lipinski definition) is 1. The van der Waals surface area contributed by atoms with Crippen molar-refractivity contribution in [1.82, 2.24) is 5.43 Å².